The third kappa shape index (κ3) is 2.14. The molecule has 0 rings (SSSR count). The quantitative estimate of drug-likeness (QED) is 0.413. The molecule has 0 saturated heterocycles. The molecule has 0 aliphatic carbocycles. The first kappa shape index (κ1) is 11.4. The predicted molar refractivity (Wildman–Crippen MR) is 38.4 cm³/mol. The van der Waals surface area contributed by atoms with Gasteiger partial charge in [0.05, 0.1) is 14.1 Å². The Kier molecular flexibility index (Phi) is 2.96. The molecule has 11 heteroatoms. The Morgan fingerprint density at radius 2 is 1.23 bits per heavy atom. The first-order chi connectivity index (χ1) is 5.71. The first-order valence-corrected chi connectivity index (χ1v) is 4.12. The van der Waals surface area contributed by atoms with Crippen molar-refractivity contribution in [3.63, 3.8) is 0 Å². The van der Waals surface area contributed by atoms with E-state index >= 15 is 0 Å². The van der Waals surface area contributed by atoms with E-state index in [0.29, 0.717) is 14.1 Å². The second-order valence-corrected chi connectivity index (χ2v) is 3.80. The SMILES string of the molecule is CN([N+](=O)[O-])S(=O)(=O)N(C)[N+](=O)[O-]. The van der Waals surface area contributed by atoms with Gasteiger partial charge in [-0.05, 0) is 0 Å². The maximum Gasteiger partial charge on any atom is 0.425 e. The van der Waals surface area contributed by atoms with Crippen LogP contribution in [0.5, 0.6) is 0 Å². The molecule has 0 amide bonds. The maximum absolute atomic E-state index is 10.9. The van der Waals surface area contributed by atoms with Crippen LogP contribution in [0, 0.1) is 20.2 Å². The van der Waals surface area contributed by atoms with Crippen LogP contribution >= 0.6 is 0 Å². The molecular formula is C2H6N4O6S. The van der Waals surface area contributed by atoms with Crippen molar-refractivity contribution < 1.29 is 18.5 Å². The van der Waals surface area contributed by atoms with Crippen LogP contribution in [0.4, 0.5) is 0 Å². The van der Waals surface area contributed by atoms with Crippen LogP contribution in [-0.2, 0) is 10.2 Å². The number of hydrogen-bond acceptors (Lipinski definition) is 6. The minimum absolute atomic E-state index is 0.351. The summed E-state index contributed by atoms with van der Waals surface area (Å²) in [7, 11) is -3.48. The zero-order valence-corrected chi connectivity index (χ0v) is 7.46. The largest absolute Gasteiger partial charge is 0.425 e. The predicted octanol–water partition coefficient (Wildman–Crippen LogP) is -1.52. The van der Waals surface area contributed by atoms with Crippen molar-refractivity contribution in [2.45, 2.75) is 0 Å². The van der Waals surface area contributed by atoms with E-state index in [2.05, 4.69) is 0 Å². The van der Waals surface area contributed by atoms with Gasteiger partial charge in [0.25, 0.3) is 0 Å². The van der Waals surface area contributed by atoms with Crippen LogP contribution < -0.4 is 0 Å². The fourth-order valence-electron chi connectivity index (χ4n) is 0.340. The normalized spacial score (nSPS) is 10.6. The van der Waals surface area contributed by atoms with Gasteiger partial charge in [0, 0.05) is 8.83 Å². The summed E-state index contributed by atoms with van der Waals surface area (Å²) in [5.74, 6) is 0. The van der Waals surface area contributed by atoms with E-state index in [9.17, 15) is 28.6 Å². The average Bonchev–Trinajstić information content (AvgIpc) is 2.01. The Balaban J connectivity index is 4.99. The van der Waals surface area contributed by atoms with Crippen molar-refractivity contribution in [3.8, 4) is 0 Å². The summed E-state index contributed by atoms with van der Waals surface area (Å²) in [6.07, 6.45) is 0. The Morgan fingerprint density at radius 3 is 1.38 bits per heavy atom. The van der Waals surface area contributed by atoms with Gasteiger partial charge in [0.1, 0.15) is 0 Å². The minimum Gasteiger partial charge on any atom is -0.234 e. The average molecular weight is 214 g/mol. The number of nitro groups is 2. The molecule has 0 heterocycles. The second kappa shape index (κ2) is 3.38. The summed E-state index contributed by atoms with van der Waals surface area (Å²) >= 11 is 0. The van der Waals surface area contributed by atoms with Gasteiger partial charge in [-0.3, -0.25) is 0 Å². The summed E-state index contributed by atoms with van der Waals surface area (Å²) in [6, 6.07) is 0. The lowest BCUT2D eigenvalue weighted by Gasteiger charge is -2.11. The highest BCUT2D eigenvalue weighted by Gasteiger charge is 2.37. The second-order valence-electron chi connectivity index (χ2n) is 1.85. The van der Waals surface area contributed by atoms with Crippen LogP contribution in [0.2, 0.25) is 0 Å². The molecule has 0 saturated carbocycles. The standard InChI is InChI=1S/C2H6N4O6S/c1-3(5(7)8)13(11,12)4(2)6(9)10/h1-2H3. The molecular weight excluding hydrogens is 208 g/mol. The molecule has 0 spiro atoms. The fraction of sp³-hybridized carbons (Fsp3) is 1.00. The van der Waals surface area contributed by atoms with Crippen LogP contribution in [0.15, 0.2) is 0 Å². The summed E-state index contributed by atoms with van der Waals surface area (Å²) in [5.41, 5.74) is 0. The summed E-state index contributed by atoms with van der Waals surface area (Å²) < 4.78 is 21.1. The van der Waals surface area contributed by atoms with E-state index < -0.39 is 20.3 Å². The van der Waals surface area contributed by atoms with Gasteiger partial charge in [-0.2, -0.15) is 8.42 Å². The molecule has 0 radical (unpaired) electrons. The molecule has 0 atom stereocenters. The van der Waals surface area contributed by atoms with E-state index in [-0.39, 0.29) is 8.83 Å². The Bertz CT molecular complexity index is 296. The number of nitrogens with zero attached hydrogens (tertiary/aromatic N) is 4. The van der Waals surface area contributed by atoms with E-state index in [4.69, 9.17) is 0 Å². The highest BCUT2D eigenvalue weighted by Crippen LogP contribution is 2.02. The maximum atomic E-state index is 10.9. The van der Waals surface area contributed by atoms with Crippen LogP contribution in [0.3, 0.4) is 0 Å². The third-order valence-corrected chi connectivity index (χ3v) is 2.73. The lowest BCUT2D eigenvalue weighted by molar-refractivity contribution is -0.638. The minimum atomic E-state index is -4.67. The number of rotatable bonds is 4. The Hall–Kier alpha value is -1.65. The molecule has 10 nitrogen and oxygen atoms in total. The first-order valence-electron chi connectivity index (χ1n) is 2.72. The summed E-state index contributed by atoms with van der Waals surface area (Å²) in [5, 5.41) is 17.4. The van der Waals surface area contributed by atoms with E-state index in [0.717, 1.165) is 0 Å². The third-order valence-electron chi connectivity index (χ3n) is 1.13. The van der Waals surface area contributed by atoms with Crippen molar-refractivity contribution in [2.75, 3.05) is 14.1 Å². The molecule has 0 aliphatic heterocycles. The molecule has 13 heavy (non-hydrogen) atoms. The zero-order chi connectivity index (χ0) is 10.8. The van der Waals surface area contributed by atoms with Gasteiger partial charge >= 0.3 is 10.2 Å². The van der Waals surface area contributed by atoms with Gasteiger partial charge in [-0.1, -0.05) is 0 Å². The van der Waals surface area contributed by atoms with Crippen molar-refractivity contribution in [3.05, 3.63) is 20.2 Å². The van der Waals surface area contributed by atoms with Gasteiger partial charge in [0.15, 0.2) is 10.1 Å². The van der Waals surface area contributed by atoms with Gasteiger partial charge in [-0.25, -0.2) is 20.2 Å². The zero-order valence-electron chi connectivity index (χ0n) is 6.65. The lowest BCUT2D eigenvalue weighted by Crippen LogP contribution is -2.44. The van der Waals surface area contributed by atoms with Crippen LogP contribution in [-0.4, -0.2) is 41.4 Å². The molecule has 0 aromatic carbocycles. The lowest BCUT2D eigenvalue weighted by atomic mass is 11.5. The fourth-order valence-corrected chi connectivity index (χ4v) is 1.02. The Morgan fingerprint density at radius 1 is 1.00 bits per heavy atom. The van der Waals surface area contributed by atoms with Gasteiger partial charge in [0.2, 0.25) is 0 Å². The van der Waals surface area contributed by atoms with E-state index in [1.165, 1.54) is 0 Å². The molecule has 0 aromatic heterocycles. The van der Waals surface area contributed by atoms with E-state index in [1.54, 1.807) is 0 Å². The van der Waals surface area contributed by atoms with Crippen LogP contribution in [0.25, 0.3) is 0 Å². The monoisotopic (exact) mass is 214 g/mol. The van der Waals surface area contributed by atoms with Gasteiger partial charge < -0.3 is 0 Å². The molecule has 0 unspecified atom stereocenters. The number of hydrazine groups is 2. The Labute approximate surface area is 72.8 Å². The topological polar surface area (TPSA) is 127 Å². The summed E-state index contributed by atoms with van der Waals surface area (Å²) in [4.78, 5) is 20.0. The molecule has 0 aliphatic rings. The summed E-state index contributed by atoms with van der Waals surface area (Å²) in [6.45, 7) is 0. The van der Waals surface area contributed by atoms with Gasteiger partial charge in [-0.15, -0.1) is 0 Å². The highest BCUT2D eigenvalue weighted by molar-refractivity contribution is 7.86. The molecule has 0 aromatic rings. The van der Waals surface area contributed by atoms with Crippen molar-refractivity contribution in [1.82, 2.24) is 8.83 Å². The molecule has 0 fully saturated rings. The van der Waals surface area contributed by atoms with Crippen LogP contribution in [0.1, 0.15) is 0 Å². The molecule has 0 N–H and O–H groups in total. The van der Waals surface area contributed by atoms with Crippen molar-refractivity contribution >= 4 is 10.2 Å². The van der Waals surface area contributed by atoms with Crippen molar-refractivity contribution in [1.29, 1.82) is 0 Å². The van der Waals surface area contributed by atoms with Crippen molar-refractivity contribution in [2.24, 2.45) is 0 Å². The highest BCUT2D eigenvalue weighted by atomic mass is 32.2. The van der Waals surface area contributed by atoms with E-state index in [1.807, 2.05) is 0 Å². The smallest absolute Gasteiger partial charge is 0.234 e. The molecule has 0 bridgehead atoms. The molecule has 76 valence electrons. The number of hydrogen-bond donors (Lipinski definition) is 0.